The van der Waals surface area contributed by atoms with E-state index in [-0.39, 0.29) is 12.0 Å². The molecule has 148 valence electrons. The maximum absolute atomic E-state index is 12.3. The second kappa shape index (κ2) is 8.97. The van der Waals surface area contributed by atoms with Crippen LogP contribution in [0.3, 0.4) is 0 Å². The molecule has 6 heteroatoms. The lowest BCUT2D eigenvalue weighted by Gasteiger charge is -2.18. The van der Waals surface area contributed by atoms with Gasteiger partial charge in [0.2, 0.25) is 0 Å². The molecule has 2 aliphatic rings. The molecule has 2 aliphatic heterocycles. The van der Waals surface area contributed by atoms with E-state index in [4.69, 9.17) is 18.9 Å². The Labute approximate surface area is 164 Å². The summed E-state index contributed by atoms with van der Waals surface area (Å²) in [5, 5.41) is 2.95. The van der Waals surface area contributed by atoms with Crippen LogP contribution in [0.2, 0.25) is 0 Å². The number of amides is 1. The first kappa shape index (κ1) is 18.6. The van der Waals surface area contributed by atoms with Gasteiger partial charge in [0.25, 0.3) is 5.91 Å². The van der Waals surface area contributed by atoms with Crippen molar-refractivity contribution >= 4 is 5.91 Å². The summed E-state index contributed by atoms with van der Waals surface area (Å²) in [6.07, 6.45) is 3.05. The number of carbonyl (C=O) groups excluding carboxylic acids is 1. The molecular weight excluding hydrogens is 358 g/mol. The number of carbonyl (C=O) groups is 1. The topological polar surface area (TPSA) is 66.0 Å². The molecular formula is C22H25NO5. The van der Waals surface area contributed by atoms with E-state index in [1.54, 1.807) is 12.1 Å². The molecule has 2 heterocycles. The van der Waals surface area contributed by atoms with Crippen LogP contribution in [0.1, 0.15) is 28.8 Å². The molecule has 2 aromatic rings. The van der Waals surface area contributed by atoms with Crippen LogP contribution in [0.4, 0.5) is 0 Å². The molecule has 28 heavy (non-hydrogen) atoms. The largest absolute Gasteiger partial charge is 0.491 e. The molecule has 4 rings (SSSR count). The fraction of sp³-hybridized carbons (Fsp3) is 0.409. The van der Waals surface area contributed by atoms with Crippen molar-refractivity contribution in [2.75, 3.05) is 33.0 Å². The highest BCUT2D eigenvalue weighted by atomic mass is 16.6. The minimum Gasteiger partial charge on any atom is -0.491 e. The van der Waals surface area contributed by atoms with E-state index >= 15 is 0 Å². The molecule has 1 N–H and O–H groups in total. The fourth-order valence-corrected chi connectivity index (χ4v) is 3.33. The summed E-state index contributed by atoms with van der Waals surface area (Å²) in [7, 11) is 0. The van der Waals surface area contributed by atoms with Gasteiger partial charge in [-0.2, -0.15) is 0 Å². The second-order valence-corrected chi connectivity index (χ2v) is 6.95. The predicted octanol–water partition coefficient (Wildman–Crippen LogP) is 2.99. The van der Waals surface area contributed by atoms with Crippen LogP contribution in [0.25, 0.3) is 0 Å². The average molecular weight is 383 g/mol. The fourth-order valence-electron chi connectivity index (χ4n) is 3.33. The van der Waals surface area contributed by atoms with Gasteiger partial charge in [0.15, 0.2) is 11.5 Å². The van der Waals surface area contributed by atoms with Crippen molar-refractivity contribution in [3.8, 4) is 17.2 Å². The highest BCUT2D eigenvalue weighted by Crippen LogP contribution is 2.30. The summed E-state index contributed by atoms with van der Waals surface area (Å²) in [5.74, 6) is 2.21. The smallest absolute Gasteiger partial charge is 0.251 e. The Morgan fingerprint density at radius 2 is 1.86 bits per heavy atom. The number of hydrogen-bond acceptors (Lipinski definition) is 5. The molecule has 1 fully saturated rings. The van der Waals surface area contributed by atoms with Crippen molar-refractivity contribution in [3.63, 3.8) is 0 Å². The van der Waals surface area contributed by atoms with Gasteiger partial charge in [0.05, 0.1) is 6.10 Å². The number of nitrogens with one attached hydrogen (secondary N) is 1. The van der Waals surface area contributed by atoms with E-state index in [9.17, 15) is 4.79 Å². The van der Waals surface area contributed by atoms with Gasteiger partial charge in [-0.15, -0.1) is 0 Å². The summed E-state index contributed by atoms with van der Waals surface area (Å²) >= 11 is 0. The molecule has 0 spiro atoms. The summed E-state index contributed by atoms with van der Waals surface area (Å²) in [6, 6.07) is 13.1. The van der Waals surface area contributed by atoms with Gasteiger partial charge in [0, 0.05) is 18.7 Å². The Balaban J connectivity index is 1.23. The maximum Gasteiger partial charge on any atom is 0.251 e. The first-order valence-corrected chi connectivity index (χ1v) is 9.79. The van der Waals surface area contributed by atoms with Crippen LogP contribution in [0.15, 0.2) is 42.5 Å². The molecule has 0 radical (unpaired) electrons. The van der Waals surface area contributed by atoms with Gasteiger partial charge in [-0.1, -0.05) is 6.07 Å². The third-order valence-corrected chi connectivity index (χ3v) is 4.88. The summed E-state index contributed by atoms with van der Waals surface area (Å²) in [5.41, 5.74) is 1.72. The molecule has 0 bridgehead atoms. The zero-order chi connectivity index (χ0) is 19.2. The van der Waals surface area contributed by atoms with Gasteiger partial charge in [-0.25, -0.2) is 0 Å². The van der Waals surface area contributed by atoms with E-state index < -0.39 is 0 Å². The lowest BCUT2D eigenvalue weighted by Crippen LogP contribution is -2.25. The van der Waals surface area contributed by atoms with Crippen LogP contribution in [0.5, 0.6) is 17.2 Å². The van der Waals surface area contributed by atoms with Gasteiger partial charge in [-0.05, 0) is 61.2 Å². The second-order valence-electron chi connectivity index (χ2n) is 6.95. The Kier molecular flexibility index (Phi) is 5.97. The van der Waals surface area contributed by atoms with Crippen molar-refractivity contribution in [1.29, 1.82) is 0 Å². The van der Waals surface area contributed by atoms with Crippen molar-refractivity contribution in [1.82, 2.24) is 5.32 Å². The average Bonchev–Trinajstić information content (AvgIpc) is 3.26. The van der Waals surface area contributed by atoms with E-state index in [2.05, 4.69) is 5.32 Å². The van der Waals surface area contributed by atoms with Crippen LogP contribution >= 0.6 is 0 Å². The number of ether oxygens (including phenoxy) is 4. The summed E-state index contributed by atoms with van der Waals surface area (Å²) < 4.78 is 22.4. The molecule has 1 atom stereocenters. The number of fused-ring (bicyclic) bond motifs is 1. The van der Waals surface area contributed by atoms with Crippen molar-refractivity contribution < 1.29 is 23.7 Å². The molecule has 1 unspecified atom stereocenters. The van der Waals surface area contributed by atoms with Crippen molar-refractivity contribution in [2.45, 2.75) is 25.4 Å². The Hall–Kier alpha value is -2.73. The van der Waals surface area contributed by atoms with Crippen LogP contribution in [0, 0.1) is 0 Å². The molecule has 0 aromatic heterocycles. The molecule has 1 saturated heterocycles. The third-order valence-electron chi connectivity index (χ3n) is 4.88. The zero-order valence-electron chi connectivity index (χ0n) is 15.8. The quantitative estimate of drug-likeness (QED) is 0.796. The first-order chi connectivity index (χ1) is 13.8. The SMILES string of the molecule is O=C(NCCc1ccc2c(c1)OCCO2)c1ccc(OCC2CCCO2)cc1. The van der Waals surface area contributed by atoms with Gasteiger partial charge < -0.3 is 24.3 Å². The molecule has 1 amide bonds. The Morgan fingerprint density at radius 3 is 2.64 bits per heavy atom. The first-order valence-electron chi connectivity index (χ1n) is 9.79. The minimum absolute atomic E-state index is 0.0942. The highest BCUT2D eigenvalue weighted by molar-refractivity contribution is 5.94. The molecule has 2 aromatic carbocycles. The predicted molar refractivity (Wildman–Crippen MR) is 104 cm³/mol. The monoisotopic (exact) mass is 383 g/mol. The number of benzene rings is 2. The lowest BCUT2D eigenvalue weighted by molar-refractivity contribution is 0.0679. The van der Waals surface area contributed by atoms with Crippen LogP contribution in [-0.4, -0.2) is 45.0 Å². The van der Waals surface area contributed by atoms with Crippen molar-refractivity contribution in [3.05, 3.63) is 53.6 Å². The summed E-state index contributed by atoms with van der Waals surface area (Å²) in [6.45, 7) is 3.08. The molecule has 0 saturated carbocycles. The minimum atomic E-state index is -0.0942. The van der Waals surface area contributed by atoms with Gasteiger partial charge >= 0.3 is 0 Å². The van der Waals surface area contributed by atoms with Gasteiger partial charge in [-0.3, -0.25) is 4.79 Å². The molecule has 0 aliphatic carbocycles. The lowest BCUT2D eigenvalue weighted by atomic mass is 10.1. The van der Waals surface area contributed by atoms with E-state index in [0.717, 1.165) is 48.7 Å². The van der Waals surface area contributed by atoms with E-state index in [1.807, 2.05) is 30.3 Å². The van der Waals surface area contributed by atoms with E-state index in [0.29, 0.717) is 31.9 Å². The normalized spacial score (nSPS) is 17.9. The maximum atomic E-state index is 12.3. The van der Waals surface area contributed by atoms with E-state index in [1.165, 1.54) is 0 Å². The third kappa shape index (κ3) is 4.75. The van der Waals surface area contributed by atoms with Crippen LogP contribution < -0.4 is 19.5 Å². The standard InChI is InChI=1S/C22H25NO5/c24-22(17-4-6-18(7-5-17)28-15-19-2-1-11-25-19)23-10-9-16-3-8-20-21(14-16)27-13-12-26-20/h3-8,14,19H,1-2,9-13,15H2,(H,23,24). The Bertz CT molecular complexity index is 799. The highest BCUT2D eigenvalue weighted by Gasteiger charge is 2.16. The number of hydrogen-bond donors (Lipinski definition) is 1. The number of rotatable bonds is 7. The molecule has 6 nitrogen and oxygen atoms in total. The zero-order valence-corrected chi connectivity index (χ0v) is 15.8. The van der Waals surface area contributed by atoms with Gasteiger partial charge in [0.1, 0.15) is 25.6 Å². The van der Waals surface area contributed by atoms with Crippen LogP contribution in [-0.2, 0) is 11.2 Å². The Morgan fingerprint density at radius 1 is 1.04 bits per heavy atom. The summed E-state index contributed by atoms with van der Waals surface area (Å²) in [4.78, 5) is 12.3. The van der Waals surface area contributed by atoms with Crippen molar-refractivity contribution in [2.24, 2.45) is 0 Å².